The molecule has 1 aliphatic carbocycles. The Morgan fingerprint density at radius 2 is 2.00 bits per heavy atom. The molecule has 104 valence electrons. The number of nitrogens with one attached hydrogen (secondary N) is 1. The van der Waals surface area contributed by atoms with Gasteiger partial charge in [-0.15, -0.1) is 0 Å². The zero-order chi connectivity index (χ0) is 13.0. The van der Waals surface area contributed by atoms with Crippen LogP contribution in [0.25, 0.3) is 0 Å². The zero-order valence-corrected chi connectivity index (χ0v) is 13.0. The maximum atomic E-state index is 4.88. The van der Waals surface area contributed by atoms with Crippen LogP contribution in [0.3, 0.4) is 0 Å². The summed E-state index contributed by atoms with van der Waals surface area (Å²) in [5, 5.41) is 4.96. The van der Waals surface area contributed by atoms with E-state index < -0.39 is 0 Å². The van der Waals surface area contributed by atoms with Gasteiger partial charge in [-0.25, -0.2) is 0 Å². The van der Waals surface area contributed by atoms with Crippen molar-refractivity contribution in [2.45, 2.75) is 77.3 Å². The molecule has 1 heterocycles. The Hall–Kier alpha value is -0.180. The summed E-state index contributed by atoms with van der Waals surface area (Å²) in [6.45, 7) is 6.85. The van der Waals surface area contributed by atoms with Crippen LogP contribution in [0.15, 0.2) is 4.99 Å². The molecule has 18 heavy (non-hydrogen) atoms. The summed E-state index contributed by atoms with van der Waals surface area (Å²) < 4.78 is 0. The van der Waals surface area contributed by atoms with Crippen molar-refractivity contribution in [3.05, 3.63) is 0 Å². The second-order valence-corrected chi connectivity index (χ2v) is 7.25. The molecule has 3 heteroatoms. The van der Waals surface area contributed by atoms with Gasteiger partial charge in [0.1, 0.15) is 0 Å². The van der Waals surface area contributed by atoms with Gasteiger partial charge < -0.3 is 5.32 Å². The van der Waals surface area contributed by atoms with Crippen LogP contribution < -0.4 is 5.32 Å². The largest absolute Gasteiger partial charge is 0.359 e. The van der Waals surface area contributed by atoms with E-state index in [0.717, 1.165) is 5.92 Å². The Balaban J connectivity index is 1.87. The molecule has 1 saturated carbocycles. The van der Waals surface area contributed by atoms with Gasteiger partial charge in [0.15, 0.2) is 5.17 Å². The fourth-order valence-corrected chi connectivity index (χ4v) is 4.39. The van der Waals surface area contributed by atoms with Gasteiger partial charge in [0.05, 0.1) is 6.04 Å². The van der Waals surface area contributed by atoms with Crippen LogP contribution in [0.4, 0.5) is 0 Å². The van der Waals surface area contributed by atoms with Crippen molar-refractivity contribution in [2.75, 3.05) is 5.75 Å². The lowest BCUT2D eigenvalue weighted by atomic mass is 9.83. The lowest BCUT2D eigenvalue weighted by Crippen LogP contribution is -2.45. The van der Waals surface area contributed by atoms with E-state index >= 15 is 0 Å². The minimum Gasteiger partial charge on any atom is -0.359 e. The molecule has 2 nitrogen and oxygen atoms in total. The van der Waals surface area contributed by atoms with Crippen LogP contribution >= 0.6 is 11.8 Å². The number of rotatable bonds is 4. The van der Waals surface area contributed by atoms with Crippen molar-refractivity contribution in [2.24, 2.45) is 10.9 Å². The predicted molar refractivity (Wildman–Crippen MR) is 82.4 cm³/mol. The van der Waals surface area contributed by atoms with E-state index in [9.17, 15) is 0 Å². The van der Waals surface area contributed by atoms with E-state index in [0.29, 0.717) is 11.6 Å². The van der Waals surface area contributed by atoms with E-state index in [4.69, 9.17) is 4.99 Å². The fourth-order valence-electron chi connectivity index (χ4n) is 3.07. The summed E-state index contributed by atoms with van der Waals surface area (Å²) >= 11 is 1.95. The highest BCUT2D eigenvalue weighted by Gasteiger charge is 2.38. The van der Waals surface area contributed by atoms with Crippen molar-refractivity contribution in [1.29, 1.82) is 0 Å². The molecule has 0 amide bonds. The summed E-state index contributed by atoms with van der Waals surface area (Å²) in [4.78, 5) is 4.88. The predicted octanol–water partition coefficient (Wildman–Crippen LogP) is 4.21. The molecule has 2 unspecified atom stereocenters. The van der Waals surface area contributed by atoms with Crippen molar-refractivity contribution < 1.29 is 0 Å². The van der Waals surface area contributed by atoms with Crippen molar-refractivity contribution >= 4 is 16.9 Å². The van der Waals surface area contributed by atoms with E-state index in [2.05, 4.69) is 26.1 Å². The SMILES string of the molecule is CCC(C)CC(C)N=C1NC2(CCCCC2)CS1. The van der Waals surface area contributed by atoms with Gasteiger partial charge in [-0.05, 0) is 32.1 Å². The molecular formula is C15H28N2S. The molecule has 2 rings (SSSR count). The van der Waals surface area contributed by atoms with Crippen LogP contribution in [0, 0.1) is 5.92 Å². The molecule has 0 aromatic heterocycles. The molecule has 0 aromatic rings. The third kappa shape index (κ3) is 3.66. The topological polar surface area (TPSA) is 24.4 Å². The average Bonchev–Trinajstić information content (AvgIpc) is 2.72. The normalized spacial score (nSPS) is 28.3. The van der Waals surface area contributed by atoms with Gasteiger partial charge in [0.25, 0.3) is 0 Å². The van der Waals surface area contributed by atoms with Gasteiger partial charge >= 0.3 is 0 Å². The molecule has 1 aliphatic heterocycles. The molecule has 1 saturated heterocycles. The Morgan fingerprint density at radius 3 is 2.67 bits per heavy atom. The Bertz CT molecular complexity index is 295. The number of hydrogen-bond acceptors (Lipinski definition) is 2. The van der Waals surface area contributed by atoms with Gasteiger partial charge in [-0.1, -0.05) is 51.3 Å². The third-order valence-electron chi connectivity index (χ3n) is 4.45. The summed E-state index contributed by atoms with van der Waals surface area (Å²) in [6, 6.07) is 0.466. The van der Waals surface area contributed by atoms with Gasteiger partial charge in [0, 0.05) is 11.3 Å². The highest BCUT2D eigenvalue weighted by molar-refractivity contribution is 8.14. The molecule has 0 aromatic carbocycles. The fraction of sp³-hybridized carbons (Fsp3) is 0.933. The molecule has 0 bridgehead atoms. The number of thioether (sulfide) groups is 1. The van der Waals surface area contributed by atoms with Crippen molar-refractivity contribution in [3.8, 4) is 0 Å². The van der Waals surface area contributed by atoms with Crippen LogP contribution in [0.1, 0.15) is 65.7 Å². The summed E-state index contributed by atoms with van der Waals surface area (Å²) in [6.07, 6.45) is 9.38. The second kappa shape index (κ2) is 6.31. The smallest absolute Gasteiger partial charge is 0.157 e. The van der Waals surface area contributed by atoms with E-state index in [1.165, 1.54) is 55.9 Å². The molecular weight excluding hydrogens is 240 g/mol. The lowest BCUT2D eigenvalue weighted by molar-refractivity contribution is 0.303. The summed E-state index contributed by atoms with van der Waals surface area (Å²) in [5.41, 5.74) is 0.401. The molecule has 2 atom stereocenters. The van der Waals surface area contributed by atoms with Crippen LogP contribution in [0.2, 0.25) is 0 Å². The van der Waals surface area contributed by atoms with Gasteiger partial charge in [-0.3, -0.25) is 4.99 Å². The first-order chi connectivity index (χ1) is 8.63. The quantitative estimate of drug-likeness (QED) is 0.826. The first-order valence-electron chi connectivity index (χ1n) is 7.62. The van der Waals surface area contributed by atoms with Gasteiger partial charge in [0.2, 0.25) is 0 Å². The van der Waals surface area contributed by atoms with Gasteiger partial charge in [-0.2, -0.15) is 0 Å². The number of amidine groups is 1. The van der Waals surface area contributed by atoms with Crippen LogP contribution in [-0.4, -0.2) is 22.5 Å². The monoisotopic (exact) mass is 268 g/mol. The first kappa shape index (κ1) is 14.2. The Kier molecular flexibility index (Phi) is 4.99. The summed E-state index contributed by atoms with van der Waals surface area (Å²) in [5.74, 6) is 2.03. The zero-order valence-electron chi connectivity index (χ0n) is 12.2. The van der Waals surface area contributed by atoms with E-state index in [-0.39, 0.29) is 0 Å². The van der Waals surface area contributed by atoms with Crippen molar-refractivity contribution in [3.63, 3.8) is 0 Å². The number of aliphatic imine (C=N–C) groups is 1. The average molecular weight is 268 g/mol. The third-order valence-corrected chi connectivity index (χ3v) is 5.62. The highest BCUT2D eigenvalue weighted by atomic mass is 32.2. The molecule has 1 N–H and O–H groups in total. The molecule has 0 radical (unpaired) electrons. The van der Waals surface area contributed by atoms with E-state index in [1.807, 2.05) is 11.8 Å². The maximum absolute atomic E-state index is 4.88. The maximum Gasteiger partial charge on any atom is 0.157 e. The minimum atomic E-state index is 0.401. The van der Waals surface area contributed by atoms with Crippen LogP contribution in [-0.2, 0) is 0 Å². The number of nitrogens with zero attached hydrogens (tertiary/aromatic N) is 1. The first-order valence-corrected chi connectivity index (χ1v) is 8.61. The summed E-state index contributed by atoms with van der Waals surface area (Å²) in [7, 11) is 0. The van der Waals surface area contributed by atoms with Crippen LogP contribution in [0.5, 0.6) is 0 Å². The number of hydrogen-bond donors (Lipinski definition) is 1. The van der Waals surface area contributed by atoms with E-state index in [1.54, 1.807) is 0 Å². The minimum absolute atomic E-state index is 0.401. The highest BCUT2D eigenvalue weighted by Crippen LogP contribution is 2.36. The Labute approximate surface area is 116 Å². The molecule has 2 aliphatic rings. The second-order valence-electron chi connectivity index (χ2n) is 6.29. The standard InChI is InChI=1S/C15H28N2S/c1-4-12(2)10-13(3)16-14-17-15(11-18-14)8-6-5-7-9-15/h12-13H,4-11H2,1-3H3,(H,16,17). The Morgan fingerprint density at radius 1 is 1.28 bits per heavy atom. The molecule has 1 spiro atoms. The lowest BCUT2D eigenvalue weighted by Gasteiger charge is -2.32. The molecule has 2 fully saturated rings. The van der Waals surface area contributed by atoms with Crippen molar-refractivity contribution in [1.82, 2.24) is 5.32 Å².